The second-order valence-corrected chi connectivity index (χ2v) is 5.44. The van der Waals surface area contributed by atoms with Crippen LogP contribution in [0.5, 0.6) is 5.88 Å². The first-order valence-corrected chi connectivity index (χ1v) is 7.49. The Kier molecular flexibility index (Phi) is 7.30. The van der Waals surface area contributed by atoms with Gasteiger partial charge in [-0.25, -0.2) is 9.97 Å². The van der Waals surface area contributed by atoms with Gasteiger partial charge in [-0.05, 0) is 34.1 Å². The summed E-state index contributed by atoms with van der Waals surface area (Å²) in [6.07, 6.45) is 2.61. The zero-order valence-electron chi connectivity index (χ0n) is 13.4. The smallest absolute Gasteiger partial charge is 0.218 e. The number of nitrogens with one attached hydrogen (secondary N) is 1. The van der Waals surface area contributed by atoms with Crippen LogP contribution < -0.4 is 10.1 Å². The minimum absolute atomic E-state index is 0.519. The molecule has 1 N–H and O–H groups in total. The van der Waals surface area contributed by atoms with Crippen molar-refractivity contribution >= 4 is 5.82 Å². The number of aromatic nitrogens is 2. The summed E-state index contributed by atoms with van der Waals surface area (Å²) in [5.41, 5.74) is 0. The maximum Gasteiger partial charge on any atom is 0.218 e. The van der Waals surface area contributed by atoms with Crippen molar-refractivity contribution in [3.05, 3.63) is 12.4 Å². The zero-order chi connectivity index (χ0) is 15.0. The van der Waals surface area contributed by atoms with Crippen molar-refractivity contribution in [2.24, 2.45) is 0 Å². The Labute approximate surface area is 122 Å². The highest BCUT2D eigenvalue weighted by atomic mass is 16.5. The summed E-state index contributed by atoms with van der Waals surface area (Å²) in [5, 5.41) is 3.23. The molecule has 5 nitrogen and oxygen atoms in total. The summed E-state index contributed by atoms with van der Waals surface area (Å²) in [5.74, 6) is 1.45. The molecule has 0 saturated carbocycles. The zero-order valence-corrected chi connectivity index (χ0v) is 13.4. The number of nitrogens with zero attached hydrogens (tertiary/aromatic N) is 3. The minimum Gasteiger partial charge on any atom is -0.476 e. The molecule has 0 aliphatic heterocycles. The standard InChI is InChI=1S/C15H28N4O/c1-6-7-16-14-10-15(18-11-17-14)20-9-8-19(12(2)3)13(4)5/h10-13H,6-9H2,1-5H3,(H,16,17,18). The monoisotopic (exact) mass is 280 g/mol. The normalized spacial score (nSPS) is 11.4. The Morgan fingerprint density at radius 3 is 2.50 bits per heavy atom. The molecule has 1 aromatic heterocycles. The van der Waals surface area contributed by atoms with Gasteiger partial charge in [0.05, 0.1) is 0 Å². The van der Waals surface area contributed by atoms with Gasteiger partial charge in [-0.1, -0.05) is 6.92 Å². The third-order valence-corrected chi connectivity index (χ3v) is 3.12. The number of ether oxygens (including phenoxy) is 1. The van der Waals surface area contributed by atoms with Crippen molar-refractivity contribution in [3.63, 3.8) is 0 Å². The van der Waals surface area contributed by atoms with Crippen LogP contribution in [0.15, 0.2) is 12.4 Å². The fourth-order valence-electron chi connectivity index (χ4n) is 2.14. The van der Waals surface area contributed by atoms with Crippen LogP contribution in [0.1, 0.15) is 41.0 Å². The van der Waals surface area contributed by atoms with Crippen molar-refractivity contribution in [1.82, 2.24) is 14.9 Å². The lowest BCUT2D eigenvalue weighted by Gasteiger charge is -2.30. The van der Waals surface area contributed by atoms with Crippen molar-refractivity contribution in [2.75, 3.05) is 25.0 Å². The molecule has 20 heavy (non-hydrogen) atoms. The first-order valence-electron chi connectivity index (χ1n) is 7.49. The number of hydrogen-bond acceptors (Lipinski definition) is 5. The van der Waals surface area contributed by atoms with E-state index >= 15 is 0 Å². The van der Waals surface area contributed by atoms with Gasteiger partial charge in [0, 0.05) is 31.2 Å². The second-order valence-electron chi connectivity index (χ2n) is 5.44. The molecule has 0 unspecified atom stereocenters. The maximum atomic E-state index is 5.72. The van der Waals surface area contributed by atoms with Crippen LogP contribution >= 0.6 is 0 Å². The van der Waals surface area contributed by atoms with Crippen LogP contribution in [-0.2, 0) is 0 Å². The van der Waals surface area contributed by atoms with Gasteiger partial charge < -0.3 is 10.1 Å². The average Bonchev–Trinajstić information content (AvgIpc) is 2.41. The molecule has 1 aromatic rings. The van der Waals surface area contributed by atoms with Crippen LogP contribution in [-0.4, -0.2) is 46.6 Å². The van der Waals surface area contributed by atoms with Gasteiger partial charge in [0.25, 0.3) is 0 Å². The fourth-order valence-corrected chi connectivity index (χ4v) is 2.14. The molecule has 0 aromatic carbocycles. The minimum atomic E-state index is 0.519. The number of anilines is 1. The number of rotatable bonds is 9. The first kappa shape index (κ1) is 16.7. The lowest BCUT2D eigenvalue weighted by atomic mass is 10.2. The summed E-state index contributed by atoms with van der Waals surface area (Å²) >= 11 is 0. The van der Waals surface area contributed by atoms with E-state index in [1.165, 1.54) is 6.33 Å². The summed E-state index contributed by atoms with van der Waals surface area (Å²) < 4.78 is 5.72. The van der Waals surface area contributed by atoms with Crippen LogP contribution in [0.25, 0.3) is 0 Å². The molecule has 0 amide bonds. The van der Waals surface area contributed by atoms with E-state index in [0.29, 0.717) is 24.6 Å². The molecule has 0 fully saturated rings. The molecule has 0 saturated heterocycles. The highest BCUT2D eigenvalue weighted by Gasteiger charge is 2.13. The third kappa shape index (κ3) is 5.74. The van der Waals surface area contributed by atoms with Crippen LogP contribution in [0.3, 0.4) is 0 Å². The Bertz CT molecular complexity index is 374. The summed E-state index contributed by atoms with van der Waals surface area (Å²) in [4.78, 5) is 10.7. The molecule has 1 heterocycles. The van der Waals surface area contributed by atoms with Gasteiger partial charge in [0.2, 0.25) is 5.88 Å². The Balaban J connectivity index is 2.45. The van der Waals surface area contributed by atoms with E-state index in [9.17, 15) is 0 Å². The van der Waals surface area contributed by atoms with Gasteiger partial charge in [-0.15, -0.1) is 0 Å². The molecular formula is C15H28N4O. The highest BCUT2D eigenvalue weighted by molar-refractivity contribution is 5.36. The highest BCUT2D eigenvalue weighted by Crippen LogP contribution is 2.11. The van der Waals surface area contributed by atoms with E-state index < -0.39 is 0 Å². The van der Waals surface area contributed by atoms with E-state index in [1.807, 2.05) is 6.07 Å². The maximum absolute atomic E-state index is 5.72. The molecule has 0 aliphatic carbocycles. The lowest BCUT2D eigenvalue weighted by Crippen LogP contribution is -2.39. The van der Waals surface area contributed by atoms with Crippen molar-refractivity contribution < 1.29 is 4.74 Å². The molecule has 1 rings (SSSR count). The van der Waals surface area contributed by atoms with E-state index in [-0.39, 0.29) is 0 Å². The lowest BCUT2D eigenvalue weighted by molar-refractivity contribution is 0.140. The van der Waals surface area contributed by atoms with Crippen molar-refractivity contribution in [1.29, 1.82) is 0 Å². The van der Waals surface area contributed by atoms with E-state index in [2.05, 4.69) is 54.8 Å². The number of hydrogen-bond donors (Lipinski definition) is 1. The second kappa shape index (κ2) is 8.74. The van der Waals surface area contributed by atoms with Crippen molar-refractivity contribution in [3.8, 4) is 5.88 Å². The molecule has 0 radical (unpaired) electrons. The average molecular weight is 280 g/mol. The quantitative estimate of drug-likeness (QED) is 0.754. The van der Waals surface area contributed by atoms with E-state index in [1.54, 1.807) is 0 Å². The molecule has 0 atom stereocenters. The molecule has 0 aliphatic rings. The third-order valence-electron chi connectivity index (χ3n) is 3.12. The fraction of sp³-hybridized carbons (Fsp3) is 0.733. The predicted octanol–water partition coefficient (Wildman–Crippen LogP) is 2.80. The predicted molar refractivity (Wildman–Crippen MR) is 83.3 cm³/mol. The largest absolute Gasteiger partial charge is 0.476 e. The van der Waals surface area contributed by atoms with Gasteiger partial charge >= 0.3 is 0 Å². The van der Waals surface area contributed by atoms with E-state index in [4.69, 9.17) is 4.74 Å². The summed E-state index contributed by atoms with van der Waals surface area (Å²) in [6.45, 7) is 13.4. The Morgan fingerprint density at radius 2 is 1.90 bits per heavy atom. The molecule has 0 spiro atoms. The van der Waals surface area contributed by atoms with Crippen LogP contribution in [0.2, 0.25) is 0 Å². The van der Waals surface area contributed by atoms with Gasteiger partial charge in [0.1, 0.15) is 18.8 Å². The molecule has 114 valence electrons. The summed E-state index contributed by atoms with van der Waals surface area (Å²) in [7, 11) is 0. The van der Waals surface area contributed by atoms with Crippen LogP contribution in [0.4, 0.5) is 5.82 Å². The van der Waals surface area contributed by atoms with Gasteiger partial charge in [-0.3, -0.25) is 4.90 Å². The topological polar surface area (TPSA) is 50.3 Å². The van der Waals surface area contributed by atoms with E-state index in [0.717, 1.165) is 25.3 Å². The molecule has 0 bridgehead atoms. The first-order chi connectivity index (χ1) is 9.54. The Hall–Kier alpha value is -1.36. The van der Waals surface area contributed by atoms with Crippen LogP contribution in [0, 0.1) is 0 Å². The van der Waals surface area contributed by atoms with Gasteiger partial charge in [-0.2, -0.15) is 0 Å². The molecule has 5 heteroatoms. The van der Waals surface area contributed by atoms with Crippen molar-refractivity contribution in [2.45, 2.75) is 53.1 Å². The summed E-state index contributed by atoms with van der Waals surface area (Å²) in [6, 6.07) is 2.89. The van der Waals surface area contributed by atoms with Gasteiger partial charge in [0.15, 0.2) is 0 Å². The Morgan fingerprint density at radius 1 is 1.20 bits per heavy atom. The molecular weight excluding hydrogens is 252 g/mol. The SMILES string of the molecule is CCCNc1cc(OCCN(C(C)C)C(C)C)ncn1.